The van der Waals surface area contributed by atoms with Gasteiger partial charge in [-0.1, -0.05) is 20.8 Å². The molecule has 0 unspecified atom stereocenters. The van der Waals surface area contributed by atoms with Crippen LogP contribution >= 0.6 is 0 Å². The average molecular weight is 227 g/mol. The number of hydrogen-bond donors (Lipinski definition) is 1. The Hall–Kier alpha value is -0.570. The van der Waals surface area contributed by atoms with Crippen LogP contribution in [0.4, 0.5) is 0 Å². The van der Waals surface area contributed by atoms with Gasteiger partial charge in [-0.3, -0.25) is 4.79 Å². The zero-order chi connectivity index (χ0) is 12.0. The van der Waals surface area contributed by atoms with Crippen molar-refractivity contribution in [3.8, 4) is 0 Å². The SMILES string of the molecule is CC(C)(C)CNC(=O)CC[C@@H]1CCCOC1. The Labute approximate surface area is 98.9 Å². The highest BCUT2D eigenvalue weighted by molar-refractivity contribution is 5.75. The molecule has 3 nitrogen and oxygen atoms in total. The van der Waals surface area contributed by atoms with Crippen LogP contribution in [0.3, 0.4) is 0 Å². The highest BCUT2D eigenvalue weighted by Gasteiger charge is 2.16. The molecule has 1 aliphatic rings. The molecule has 0 aromatic heterocycles. The summed E-state index contributed by atoms with van der Waals surface area (Å²) in [5, 5.41) is 2.98. The first-order valence-corrected chi connectivity index (χ1v) is 6.32. The van der Waals surface area contributed by atoms with E-state index >= 15 is 0 Å². The van der Waals surface area contributed by atoms with E-state index in [0.29, 0.717) is 12.3 Å². The fourth-order valence-electron chi connectivity index (χ4n) is 1.82. The first kappa shape index (κ1) is 13.5. The zero-order valence-corrected chi connectivity index (χ0v) is 10.8. The average Bonchev–Trinajstić information content (AvgIpc) is 2.24. The van der Waals surface area contributed by atoms with Crippen LogP contribution in [-0.4, -0.2) is 25.7 Å². The molecule has 0 aliphatic carbocycles. The van der Waals surface area contributed by atoms with Crippen molar-refractivity contribution in [1.82, 2.24) is 5.32 Å². The first-order valence-electron chi connectivity index (χ1n) is 6.32. The number of rotatable bonds is 4. The van der Waals surface area contributed by atoms with Crippen LogP contribution in [0.2, 0.25) is 0 Å². The Bertz CT molecular complexity index is 214. The van der Waals surface area contributed by atoms with E-state index in [9.17, 15) is 4.79 Å². The normalized spacial score (nSPS) is 21.8. The van der Waals surface area contributed by atoms with E-state index in [1.165, 1.54) is 6.42 Å². The maximum absolute atomic E-state index is 11.6. The molecule has 16 heavy (non-hydrogen) atoms. The molecule has 0 aromatic carbocycles. The molecule has 1 atom stereocenters. The van der Waals surface area contributed by atoms with E-state index < -0.39 is 0 Å². The monoisotopic (exact) mass is 227 g/mol. The molecule has 0 spiro atoms. The van der Waals surface area contributed by atoms with Crippen molar-refractivity contribution in [2.75, 3.05) is 19.8 Å². The van der Waals surface area contributed by atoms with Gasteiger partial charge in [0, 0.05) is 26.2 Å². The van der Waals surface area contributed by atoms with Crippen LogP contribution in [0.5, 0.6) is 0 Å². The predicted molar refractivity (Wildman–Crippen MR) is 65.2 cm³/mol. The molecular weight excluding hydrogens is 202 g/mol. The van der Waals surface area contributed by atoms with Crippen LogP contribution in [0.25, 0.3) is 0 Å². The number of carbonyl (C=O) groups is 1. The van der Waals surface area contributed by atoms with Gasteiger partial charge in [-0.05, 0) is 30.6 Å². The van der Waals surface area contributed by atoms with Crippen LogP contribution in [0.15, 0.2) is 0 Å². The van der Waals surface area contributed by atoms with Crippen molar-refractivity contribution >= 4 is 5.91 Å². The Morgan fingerprint density at radius 1 is 1.44 bits per heavy atom. The summed E-state index contributed by atoms with van der Waals surface area (Å²) in [6.45, 7) is 8.87. The number of hydrogen-bond acceptors (Lipinski definition) is 2. The summed E-state index contributed by atoms with van der Waals surface area (Å²) in [7, 11) is 0. The second-order valence-electron chi connectivity index (χ2n) is 5.96. The summed E-state index contributed by atoms with van der Waals surface area (Å²) in [6.07, 6.45) is 3.97. The molecule has 1 N–H and O–H groups in total. The van der Waals surface area contributed by atoms with Gasteiger partial charge in [-0.2, -0.15) is 0 Å². The molecule has 3 heteroatoms. The quantitative estimate of drug-likeness (QED) is 0.800. The first-order chi connectivity index (χ1) is 7.47. The smallest absolute Gasteiger partial charge is 0.220 e. The van der Waals surface area contributed by atoms with Gasteiger partial charge in [-0.25, -0.2) is 0 Å². The molecular formula is C13H25NO2. The number of carbonyl (C=O) groups excluding carboxylic acids is 1. The molecule has 1 fully saturated rings. The third kappa shape index (κ3) is 6.11. The molecule has 0 aromatic rings. The van der Waals surface area contributed by atoms with Crippen LogP contribution < -0.4 is 5.32 Å². The van der Waals surface area contributed by atoms with Gasteiger partial charge in [-0.15, -0.1) is 0 Å². The second-order valence-corrected chi connectivity index (χ2v) is 5.96. The summed E-state index contributed by atoms with van der Waals surface area (Å²) in [4.78, 5) is 11.6. The van der Waals surface area contributed by atoms with E-state index in [2.05, 4.69) is 26.1 Å². The van der Waals surface area contributed by atoms with E-state index in [0.717, 1.165) is 32.6 Å². The van der Waals surface area contributed by atoms with Crippen LogP contribution in [0, 0.1) is 11.3 Å². The van der Waals surface area contributed by atoms with Gasteiger partial charge < -0.3 is 10.1 Å². The predicted octanol–water partition coefficient (Wildman–Crippen LogP) is 2.36. The number of amides is 1. The molecule has 1 saturated heterocycles. The van der Waals surface area contributed by atoms with Gasteiger partial charge in [0.25, 0.3) is 0 Å². The highest BCUT2D eigenvalue weighted by Crippen LogP contribution is 2.18. The van der Waals surface area contributed by atoms with Gasteiger partial charge >= 0.3 is 0 Å². The fourth-order valence-corrected chi connectivity index (χ4v) is 1.82. The maximum atomic E-state index is 11.6. The summed E-state index contributed by atoms with van der Waals surface area (Å²) in [5.74, 6) is 0.773. The Kier molecular flexibility index (Phi) is 5.26. The minimum atomic E-state index is 0.170. The topological polar surface area (TPSA) is 38.3 Å². The molecule has 1 amide bonds. The largest absolute Gasteiger partial charge is 0.381 e. The summed E-state index contributed by atoms with van der Waals surface area (Å²) < 4.78 is 5.40. The third-order valence-corrected chi connectivity index (χ3v) is 2.85. The van der Waals surface area contributed by atoms with Crippen molar-refractivity contribution in [2.45, 2.75) is 46.5 Å². The summed E-state index contributed by atoms with van der Waals surface area (Å²) >= 11 is 0. The van der Waals surface area contributed by atoms with Crippen molar-refractivity contribution in [1.29, 1.82) is 0 Å². The van der Waals surface area contributed by atoms with Gasteiger partial charge in [0.05, 0.1) is 0 Å². The lowest BCUT2D eigenvalue weighted by atomic mass is 9.95. The molecule has 1 rings (SSSR count). The molecule has 0 bridgehead atoms. The lowest BCUT2D eigenvalue weighted by Gasteiger charge is -2.22. The van der Waals surface area contributed by atoms with Gasteiger partial charge in [0.15, 0.2) is 0 Å². The van der Waals surface area contributed by atoms with E-state index in [4.69, 9.17) is 4.74 Å². The van der Waals surface area contributed by atoms with E-state index in [-0.39, 0.29) is 11.3 Å². The van der Waals surface area contributed by atoms with Gasteiger partial charge in [0.1, 0.15) is 0 Å². The van der Waals surface area contributed by atoms with Crippen molar-refractivity contribution in [3.05, 3.63) is 0 Å². The van der Waals surface area contributed by atoms with Crippen molar-refractivity contribution in [2.24, 2.45) is 11.3 Å². The molecule has 1 aliphatic heterocycles. The Balaban J connectivity index is 2.09. The van der Waals surface area contributed by atoms with Crippen molar-refractivity contribution in [3.63, 3.8) is 0 Å². The standard InChI is InChI=1S/C13H25NO2/c1-13(2,3)10-14-12(15)7-6-11-5-4-8-16-9-11/h11H,4-10H2,1-3H3,(H,14,15)/t11-/m0/s1. The summed E-state index contributed by atoms with van der Waals surface area (Å²) in [5.41, 5.74) is 0.170. The highest BCUT2D eigenvalue weighted by atomic mass is 16.5. The maximum Gasteiger partial charge on any atom is 0.220 e. The zero-order valence-electron chi connectivity index (χ0n) is 10.8. The Morgan fingerprint density at radius 3 is 2.75 bits per heavy atom. The van der Waals surface area contributed by atoms with Crippen molar-refractivity contribution < 1.29 is 9.53 Å². The lowest BCUT2D eigenvalue weighted by molar-refractivity contribution is -0.122. The van der Waals surface area contributed by atoms with E-state index in [1.807, 2.05) is 0 Å². The summed E-state index contributed by atoms with van der Waals surface area (Å²) in [6, 6.07) is 0. The van der Waals surface area contributed by atoms with Gasteiger partial charge in [0.2, 0.25) is 5.91 Å². The lowest BCUT2D eigenvalue weighted by Crippen LogP contribution is -2.32. The van der Waals surface area contributed by atoms with E-state index in [1.54, 1.807) is 0 Å². The molecule has 94 valence electrons. The molecule has 0 saturated carbocycles. The van der Waals surface area contributed by atoms with Crippen LogP contribution in [-0.2, 0) is 9.53 Å². The molecule has 0 radical (unpaired) electrons. The number of nitrogens with one attached hydrogen (secondary N) is 1. The van der Waals surface area contributed by atoms with Crippen LogP contribution in [0.1, 0.15) is 46.5 Å². The third-order valence-electron chi connectivity index (χ3n) is 2.85. The fraction of sp³-hybridized carbons (Fsp3) is 0.923. The number of ether oxygens (including phenoxy) is 1. The minimum absolute atomic E-state index is 0.170. The minimum Gasteiger partial charge on any atom is -0.381 e. The Morgan fingerprint density at radius 2 is 2.19 bits per heavy atom. The molecule has 1 heterocycles. The second kappa shape index (κ2) is 6.24.